The Morgan fingerprint density at radius 3 is 2.76 bits per heavy atom. The van der Waals surface area contributed by atoms with Crippen LogP contribution in [0.3, 0.4) is 0 Å². The molecule has 0 atom stereocenters. The molecule has 0 radical (unpaired) electrons. The van der Waals surface area contributed by atoms with Crippen LogP contribution in [0.5, 0.6) is 0 Å². The van der Waals surface area contributed by atoms with E-state index in [9.17, 15) is 4.79 Å². The molecular weight excluding hydrogens is 300 g/mol. The van der Waals surface area contributed by atoms with Crippen molar-refractivity contribution in [2.24, 2.45) is 0 Å². The van der Waals surface area contributed by atoms with Crippen LogP contribution in [0.25, 0.3) is 0 Å². The van der Waals surface area contributed by atoms with Gasteiger partial charge in [0.1, 0.15) is 0 Å². The van der Waals surface area contributed by atoms with Crippen LogP contribution >= 0.6 is 23.5 Å². The van der Waals surface area contributed by atoms with E-state index in [0.29, 0.717) is 6.42 Å². The maximum Gasteiger partial charge on any atom is 0.225 e. The number of aryl methyl sites for hydroxylation is 1. The smallest absolute Gasteiger partial charge is 0.225 e. The zero-order chi connectivity index (χ0) is 15.1. The monoisotopic (exact) mass is 318 g/mol. The van der Waals surface area contributed by atoms with Crippen molar-refractivity contribution in [1.29, 1.82) is 0 Å². The van der Waals surface area contributed by atoms with E-state index in [2.05, 4.69) is 10.3 Å². The van der Waals surface area contributed by atoms with Gasteiger partial charge in [0.15, 0.2) is 0 Å². The number of carbonyl (C=O) groups is 1. The first-order chi connectivity index (χ1) is 10.2. The summed E-state index contributed by atoms with van der Waals surface area (Å²) in [7, 11) is 0. The van der Waals surface area contributed by atoms with Gasteiger partial charge in [0.25, 0.3) is 0 Å². The van der Waals surface area contributed by atoms with E-state index in [-0.39, 0.29) is 5.91 Å². The second-order valence-corrected chi connectivity index (χ2v) is 6.48. The number of pyridine rings is 1. The number of hydrogen-bond acceptors (Lipinski definition) is 4. The number of para-hydroxylation sites is 1. The van der Waals surface area contributed by atoms with Gasteiger partial charge in [-0.05, 0) is 36.9 Å². The second-order valence-electron chi connectivity index (χ2n) is 4.52. The van der Waals surface area contributed by atoms with Gasteiger partial charge in [-0.2, -0.15) is 0 Å². The molecule has 5 heteroatoms. The van der Waals surface area contributed by atoms with E-state index in [4.69, 9.17) is 0 Å². The SMILES string of the molecule is CSc1ccccc1NC(=O)CCSc1ccc(C)cn1. The number of benzene rings is 1. The van der Waals surface area contributed by atoms with Gasteiger partial charge in [-0.25, -0.2) is 4.98 Å². The number of rotatable bonds is 6. The van der Waals surface area contributed by atoms with Crippen LogP contribution < -0.4 is 5.32 Å². The van der Waals surface area contributed by atoms with Gasteiger partial charge < -0.3 is 5.32 Å². The fraction of sp³-hybridized carbons (Fsp3) is 0.250. The maximum atomic E-state index is 12.0. The molecule has 0 saturated heterocycles. The molecule has 1 heterocycles. The topological polar surface area (TPSA) is 42.0 Å². The average molecular weight is 318 g/mol. The predicted molar refractivity (Wildman–Crippen MR) is 91.2 cm³/mol. The molecule has 2 aromatic rings. The van der Waals surface area contributed by atoms with E-state index in [0.717, 1.165) is 26.9 Å². The van der Waals surface area contributed by atoms with Crippen LogP contribution in [0, 0.1) is 6.92 Å². The second kappa shape index (κ2) is 8.10. The van der Waals surface area contributed by atoms with Crippen molar-refractivity contribution in [2.75, 3.05) is 17.3 Å². The summed E-state index contributed by atoms with van der Waals surface area (Å²) in [5, 5.41) is 3.92. The Kier molecular flexibility index (Phi) is 6.14. The summed E-state index contributed by atoms with van der Waals surface area (Å²) >= 11 is 3.23. The summed E-state index contributed by atoms with van der Waals surface area (Å²) in [5.41, 5.74) is 2.03. The maximum absolute atomic E-state index is 12.0. The molecule has 0 unspecified atom stereocenters. The lowest BCUT2D eigenvalue weighted by molar-refractivity contribution is -0.115. The molecule has 2 rings (SSSR count). The minimum absolute atomic E-state index is 0.0381. The van der Waals surface area contributed by atoms with Crippen molar-refractivity contribution in [2.45, 2.75) is 23.3 Å². The van der Waals surface area contributed by atoms with Crippen molar-refractivity contribution < 1.29 is 4.79 Å². The lowest BCUT2D eigenvalue weighted by Crippen LogP contribution is -2.12. The van der Waals surface area contributed by atoms with Crippen molar-refractivity contribution in [3.63, 3.8) is 0 Å². The fourth-order valence-electron chi connectivity index (χ4n) is 1.75. The summed E-state index contributed by atoms with van der Waals surface area (Å²) in [5.74, 6) is 0.764. The fourth-order valence-corrected chi connectivity index (χ4v) is 3.09. The molecule has 1 amide bonds. The van der Waals surface area contributed by atoms with Crippen LogP contribution in [0.4, 0.5) is 5.69 Å². The van der Waals surface area contributed by atoms with Gasteiger partial charge >= 0.3 is 0 Å². The number of aromatic nitrogens is 1. The third-order valence-electron chi connectivity index (χ3n) is 2.84. The largest absolute Gasteiger partial charge is 0.325 e. The minimum Gasteiger partial charge on any atom is -0.325 e. The molecule has 0 aliphatic rings. The Morgan fingerprint density at radius 2 is 2.05 bits per heavy atom. The number of thioether (sulfide) groups is 2. The number of carbonyl (C=O) groups excluding carboxylic acids is 1. The molecule has 110 valence electrons. The highest BCUT2D eigenvalue weighted by molar-refractivity contribution is 7.99. The minimum atomic E-state index is 0.0381. The molecule has 0 aliphatic heterocycles. The predicted octanol–water partition coefficient (Wildman–Crippen LogP) is 4.23. The molecule has 1 N–H and O–H groups in total. The van der Waals surface area contributed by atoms with E-state index in [1.807, 2.05) is 55.8 Å². The standard InChI is InChI=1S/C16H18N2OS2/c1-12-7-8-16(17-11-12)21-10-9-15(19)18-13-5-3-4-6-14(13)20-2/h3-8,11H,9-10H2,1-2H3,(H,18,19). The van der Waals surface area contributed by atoms with Crippen LogP contribution in [0.2, 0.25) is 0 Å². The van der Waals surface area contributed by atoms with Crippen molar-refractivity contribution in [1.82, 2.24) is 4.98 Å². The number of anilines is 1. The number of nitrogens with one attached hydrogen (secondary N) is 1. The van der Waals surface area contributed by atoms with Gasteiger partial charge in [0.05, 0.1) is 10.7 Å². The molecule has 1 aromatic heterocycles. The van der Waals surface area contributed by atoms with E-state index in [1.54, 1.807) is 23.5 Å². The molecule has 0 bridgehead atoms. The van der Waals surface area contributed by atoms with Gasteiger partial charge in [-0.3, -0.25) is 4.79 Å². The Morgan fingerprint density at radius 1 is 1.24 bits per heavy atom. The van der Waals surface area contributed by atoms with E-state index in [1.165, 1.54) is 0 Å². The third-order valence-corrected chi connectivity index (χ3v) is 4.59. The summed E-state index contributed by atoms with van der Waals surface area (Å²) < 4.78 is 0. The summed E-state index contributed by atoms with van der Waals surface area (Å²) in [6.07, 6.45) is 4.32. The van der Waals surface area contributed by atoms with Crippen LogP contribution in [0.15, 0.2) is 52.5 Å². The quantitative estimate of drug-likeness (QED) is 0.809. The zero-order valence-electron chi connectivity index (χ0n) is 12.1. The number of hydrogen-bond donors (Lipinski definition) is 1. The van der Waals surface area contributed by atoms with E-state index < -0.39 is 0 Å². The lowest BCUT2D eigenvalue weighted by atomic mass is 10.3. The Labute approximate surface area is 133 Å². The van der Waals surface area contributed by atoms with Crippen molar-refractivity contribution in [3.05, 3.63) is 48.2 Å². The van der Waals surface area contributed by atoms with E-state index >= 15 is 0 Å². The Balaban J connectivity index is 1.81. The normalized spacial score (nSPS) is 10.4. The number of amides is 1. The van der Waals surface area contributed by atoms with Gasteiger partial charge in [0, 0.05) is 23.3 Å². The van der Waals surface area contributed by atoms with Gasteiger partial charge in [-0.15, -0.1) is 23.5 Å². The highest BCUT2D eigenvalue weighted by atomic mass is 32.2. The Hall–Kier alpha value is -1.46. The molecule has 1 aromatic carbocycles. The molecule has 0 saturated carbocycles. The number of nitrogens with zero attached hydrogens (tertiary/aromatic N) is 1. The first-order valence-electron chi connectivity index (χ1n) is 6.67. The summed E-state index contributed by atoms with van der Waals surface area (Å²) in [4.78, 5) is 17.4. The molecule has 0 spiro atoms. The highest BCUT2D eigenvalue weighted by Gasteiger charge is 2.06. The van der Waals surface area contributed by atoms with Crippen molar-refractivity contribution in [3.8, 4) is 0 Å². The zero-order valence-corrected chi connectivity index (χ0v) is 13.8. The average Bonchev–Trinajstić information content (AvgIpc) is 2.50. The molecule has 0 aliphatic carbocycles. The van der Waals surface area contributed by atoms with Crippen LogP contribution in [-0.2, 0) is 4.79 Å². The molecule has 3 nitrogen and oxygen atoms in total. The summed E-state index contributed by atoms with van der Waals surface area (Å²) in [6.45, 7) is 2.01. The van der Waals surface area contributed by atoms with Gasteiger partial charge in [-0.1, -0.05) is 18.2 Å². The first-order valence-corrected chi connectivity index (χ1v) is 8.88. The van der Waals surface area contributed by atoms with Crippen molar-refractivity contribution >= 4 is 35.1 Å². The van der Waals surface area contributed by atoms with Crippen LogP contribution in [-0.4, -0.2) is 22.9 Å². The molecule has 21 heavy (non-hydrogen) atoms. The molecular formula is C16H18N2OS2. The highest BCUT2D eigenvalue weighted by Crippen LogP contribution is 2.25. The Bertz CT molecular complexity index is 599. The molecule has 0 fully saturated rings. The third kappa shape index (κ3) is 5.10. The van der Waals surface area contributed by atoms with Gasteiger partial charge in [0.2, 0.25) is 5.91 Å². The summed E-state index contributed by atoms with van der Waals surface area (Å²) in [6, 6.07) is 11.9. The first kappa shape index (κ1) is 15.9. The lowest BCUT2D eigenvalue weighted by Gasteiger charge is -2.09. The van der Waals surface area contributed by atoms with Crippen LogP contribution in [0.1, 0.15) is 12.0 Å².